The number of carbonyl (C=O) groups is 1. The fourth-order valence-electron chi connectivity index (χ4n) is 1.99. The van der Waals surface area contributed by atoms with E-state index in [0.29, 0.717) is 12.0 Å². The van der Waals surface area contributed by atoms with E-state index in [1.54, 1.807) is 12.3 Å². The summed E-state index contributed by atoms with van der Waals surface area (Å²) in [7, 11) is 0. The molecule has 0 unspecified atom stereocenters. The van der Waals surface area contributed by atoms with Crippen LogP contribution >= 0.6 is 0 Å². The van der Waals surface area contributed by atoms with Crippen LogP contribution in [0.25, 0.3) is 0 Å². The normalized spacial score (nSPS) is 10.3. The highest BCUT2D eigenvalue weighted by Crippen LogP contribution is 2.14. The second-order valence-corrected chi connectivity index (χ2v) is 4.26. The predicted octanol–water partition coefficient (Wildman–Crippen LogP) is 2.87. The van der Waals surface area contributed by atoms with E-state index in [1.807, 2.05) is 12.1 Å². The van der Waals surface area contributed by atoms with Gasteiger partial charge in [0.25, 0.3) is 0 Å². The molecule has 0 spiro atoms. The van der Waals surface area contributed by atoms with Crippen molar-refractivity contribution in [3.63, 3.8) is 0 Å². The van der Waals surface area contributed by atoms with Gasteiger partial charge in [0.05, 0.1) is 5.56 Å². The molecule has 0 bridgehead atoms. The molecular formula is C15H15NO2. The number of rotatable bonds is 4. The van der Waals surface area contributed by atoms with Crippen LogP contribution in [0, 0.1) is 6.92 Å². The van der Waals surface area contributed by atoms with Crippen LogP contribution in [0.3, 0.4) is 0 Å². The van der Waals surface area contributed by atoms with Gasteiger partial charge >= 0.3 is 5.97 Å². The number of benzene rings is 1. The van der Waals surface area contributed by atoms with E-state index in [0.717, 1.165) is 12.0 Å². The Morgan fingerprint density at radius 3 is 2.61 bits per heavy atom. The number of hydrogen-bond donors (Lipinski definition) is 1. The summed E-state index contributed by atoms with van der Waals surface area (Å²) in [6.07, 6.45) is 4.68. The first-order valence-corrected chi connectivity index (χ1v) is 5.89. The minimum absolute atomic E-state index is 0.346. The van der Waals surface area contributed by atoms with Crippen LogP contribution in [-0.4, -0.2) is 16.1 Å². The average Bonchev–Trinajstić information content (AvgIpc) is 2.38. The van der Waals surface area contributed by atoms with Crippen molar-refractivity contribution in [1.82, 2.24) is 4.98 Å². The number of aryl methyl sites for hydroxylation is 3. The van der Waals surface area contributed by atoms with Crippen molar-refractivity contribution >= 4 is 5.97 Å². The zero-order chi connectivity index (χ0) is 13.0. The van der Waals surface area contributed by atoms with Gasteiger partial charge in [-0.2, -0.15) is 0 Å². The van der Waals surface area contributed by atoms with Crippen LogP contribution < -0.4 is 0 Å². The highest BCUT2D eigenvalue weighted by Gasteiger charge is 2.09. The molecule has 0 aliphatic heterocycles. The SMILES string of the molecule is Cc1ccccc1CCc1cnccc1C(=O)O. The largest absolute Gasteiger partial charge is 0.478 e. The van der Waals surface area contributed by atoms with Crippen molar-refractivity contribution in [2.24, 2.45) is 0 Å². The molecule has 1 N–H and O–H groups in total. The molecule has 0 saturated heterocycles. The third-order valence-corrected chi connectivity index (χ3v) is 3.06. The molecule has 0 aliphatic rings. The molecule has 3 heteroatoms. The highest BCUT2D eigenvalue weighted by molar-refractivity contribution is 5.89. The first-order valence-electron chi connectivity index (χ1n) is 5.89. The summed E-state index contributed by atoms with van der Waals surface area (Å²) in [5.41, 5.74) is 3.61. The lowest BCUT2D eigenvalue weighted by Crippen LogP contribution is -2.04. The quantitative estimate of drug-likeness (QED) is 0.895. The molecule has 2 aromatic rings. The van der Waals surface area contributed by atoms with E-state index in [9.17, 15) is 4.79 Å². The van der Waals surface area contributed by atoms with Gasteiger partial charge < -0.3 is 5.11 Å². The van der Waals surface area contributed by atoms with E-state index in [-0.39, 0.29) is 0 Å². The summed E-state index contributed by atoms with van der Waals surface area (Å²) in [4.78, 5) is 15.1. The van der Waals surface area contributed by atoms with Crippen molar-refractivity contribution in [3.8, 4) is 0 Å². The van der Waals surface area contributed by atoms with Gasteiger partial charge in [0.2, 0.25) is 0 Å². The molecule has 1 heterocycles. The Morgan fingerprint density at radius 1 is 1.17 bits per heavy atom. The lowest BCUT2D eigenvalue weighted by Gasteiger charge is -2.07. The average molecular weight is 241 g/mol. The lowest BCUT2D eigenvalue weighted by molar-refractivity contribution is 0.0695. The monoisotopic (exact) mass is 241 g/mol. The minimum Gasteiger partial charge on any atom is -0.478 e. The molecule has 2 rings (SSSR count). The number of carboxylic acids is 1. The predicted molar refractivity (Wildman–Crippen MR) is 69.8 cm³/mol. The Balaban J connectivity index is 2.16. The van der Waals surface area contributed by atoms with Gasteiger partial charge in [-0.05, 0) is 42.5 Å². The van der Waals surface area contributed by atoms with Gasteiger partial charge in [-0.25, -0.2) is 4.79 Å². The Hall–Kier alpha value is -2.16. The summed E-state index contributed by atoms with van der Waals surface area (Å²) in [6.45, 7) is 2.07. The molecule has 0 fully saturated rings. The van der Waals surface area contributed by atoms with Crippen molar-refractivity contribution in [2.45, 2.75) is 19.8 Å². The van der Waals surface area contributed by atoms with E-state index in [1.165, 1.54) is 17.3 Å². The smallest absolute Gasteiger partial charge is 0.336 e. The number of hydrogen-bond acceptors (Lipinski definition) is 2. The first-order chi connectivity index (χ1) is 8.68. The van der Waals surface area contributed by atoms with E-state index < -0.39 is 5.97 Å². The third-order valence-electron chi connectivity index (χ3n) is 3.06. The molecule has 0 radical (unpaired) electrons. The summed E-state index contributed by atoms with van der Waals surface area (Å²) in [6, 6.07) is 9.70. The fourth-order valence-corrected chi connectivity index (χ4v) is 1.99. The molecule has 3 nitrogen and oxygen atoms in total. The summed E-state index contributed by atoms with van der Waals surface area (Å²) >= 11 is 0. The first kappa shape index (κ1) is 12.3. The Kier molecular flexibility index (Phi) is 3.72. The second kappa shape index (κ2) is 5.45. The lowest BCUT2D eigenvalue weighted by atomic mass is 9.99. The Labute approximate surface area is 106 Å². The minimum atomic E-state index is -0.891. The fraction of sp³-hybridized carbons (Fsp3) is 0.200. The molecule has 0 saturated carbocycles. The maximum atomic E-state index is 11.1. The molecule has 92 valence electrons. The van der Waals surface area contributed by atoms with Crippen LogP contribution in [0.2, 0.25) is 0 Å². The zero-order valence-electron chi connectivity index (χ0n) is 10.3. The second-order valence-electron chi connectivity index (χ2n) is 4.26. The van der Waals surface area contributed by atoms with Crippen LogP contribution in [0.15, 0.2) is 42.7 Å². The van der Waals surface area contributed by atoms with Gasteiger partial charge in [-0.15, -0.1) is 0 Å². The van der Waals surface area contributed by atoms with Gasteiger partial charge in [-0.1, -0.05) is 24.3 Å². The molecule has 0 aliphatic carbocycles. The molecule has 18 heavy (non-hydrogen) atoms. The van der Waals surface area contributed by atoms with Crippen LogP contribution in [0.5, 0.6) is 0 Å². The van der Waals surface area contributed by atoms with Gasteiger partial charge in [0, 0.05) is 12.4 Å². The standard InChI is InChI=1S/C15H15NO2/c1-11-4-2-3-5-12(11)6-7-13-10-16-9-8-14(13)15(17)18/h2-5,8-10H,6-7H2,1H3,(H,17,18). The molecule has 1 aromatic carbocycles. The Morgan fingerprint density at radius 2 is 1.89 bits per heavy atom. The number of carboxylic acid groups (broad SMARTS) is 1. The van der Waals surface area contributed by atoms with Crippen molar-refractivity contribution in [3.05, 3.63) is 65.0 Å². The molecular weight excluding hydrogens is 226 g/mol. The van der Waals surface area contributed by atoms with Gasteiger partial charge in [0.1, 0.15) is 0 Å². The maximum Gasteiger partial charge on any atom is 0.336 e. The topological polar surface area (TPSA) is 50.2 Å². The van der Waals surface area contributed by atoms with Gasteiger partial charge in [-0.3, -0.25) is 4.98 Å². The van der Waals surface area contributed by atoms with Crippen LogP contribution in [0.4, 0.5) is 0 Å². The summed E-state index contributed by atoms with van der Waals surface area (Å²) in [5, 5.41) is 9.09. The van der Waals surface area contributed by atoms with Crippen LogP contribution in [-0.2, 0) is 12.8 Å². The number of pyridine rings is 1. The number of aromatic carboxylic acids is 1. The molecule has 0 atom stereocenters. The molecule has 1 aromatic heterocycles. The van der Waals surface area contributed by atoms with Crippen LogP contribution in [0.1, 0.15) is 27.0 Å². The number of aromatic nitrogens is 1. The van der Waals surface area contributed by atoms with Crippen molar-refractivity contribution < 1.29 is 9.90 Å². The summed E-state index contributed by atoms with van der Waals surface area (Å²) < 4.78 is 0. The van der Waals surface area contributed by atoms with Crippen molar-refractivity contribution in [2.75, 3.05) is 0 Å². The molecule has 0 amide bonds. The summed E-state index contributed by atoms with van der Waals surface area (Å²) in [5.74, 6) is -0.891. The van der Waals surface area contributed by atoms with E-state index >= 15 is 0 Å². The third kappa shape index (κ3) is 2.74. The maximum absolute atomic E-state index is 11.1. The Bertz CT molecular complexity index is 564. The highest BCUT2D eigenvalue weighted by atomic mass is 16.4. The van der Waals surface area contributed by atoms with Crippen molar-refractivity contribution in [1.29, 1.82) is 0 Å². The van der Waals surface area contributed by atoms with E-state index in [2.05, 4.69) is 24.0 Å². The van der Waals surface area contributed by atoms with Gasteiger partial charge in [0.15, 0.2) is 0 Å². The zero-order valence-corrected chi connectivity index (χ0v) is 10.3. The van der Waals surface area contributed by atoms with E-state index in [4.69, 9.17) is 5.11 Å². The number of nitrogens with zero attached hydrogens (tertiary/aromatic N) is 1.